The topological polar surface area (TPSA) is 138 Å². The van der Waals surface area contributed by atoms with Crippen LogP contribution < -0.4 is 0 Å². The van der Waals surface area contributed by atoms with Gasteiger partial charge in [0.05, 0.1) is 24.4 Å². The van der Waals surface area contributed by atoms with Gasteiger partial charge in [-0.3, -0.25) is 0 Å². The molecule has 0 aromatic carbocycles. The van der Waals surface area contributed by atoms with E-state index in [1.165, 1.54) is 5.57 Å². The molecule has 9 nitrogen and oxygen atoms in total. The molecule has 44 heavy (non-hydrogen) atoms. The number of aliphatic hydroxyl groups excluding tert-OH is 4. The van der Waals surface area contributed by atoms with Crippen LogP contribution in [0.3, 0.4) is 0 Å². The summed E-state index contributed by atoms with van der Waals surface area (Å²) in [6.45, 7) is 15.0. The van der Waals surface area contributed by atoms with Crippen LogP contribution in [-0.4, -0.2) is 92.5 Å². The molecule has 0 aromatic heterocycles. The van der Waals surface area contributed by atoms with E-state index in [9.17, 15) is 25.5 Å². The van der Waals surface area contributed by atoms with Crippen LogP contribution in [0.25, 0.3) is 0 Å². The van der Waals surface area contributed by atoms with Crippen molar-refractivity contribution >= 4 is 0 Å². The molecule has 0 aromatic rings. The third-order valence-electron chi connectivity index (χ3n) is 15.2. The van der Waals surface area contributed by atoms with Crippen molar-refractivity contribution in [1.82, 2.24) is 0 Å². The van der Waals surface area contributed by atoms with Crippen LogP contribution in [0, 0.1) is 44.8 Å². The Morgan fingerprint density at radius 1 is 0.977 bits per heavy atom. The van der Waals surface area contributed by atoms with Crippen LogP contribution in [0.5, 0.6) is 0 Å². The van der Waals surface area contributed by atoms with Crippen LogP contribution in [0.4, 0.5) is 0 Å². The zero-order valence-electron chi connectivity index (χ0n) is 27.5. The average molecular weight is 619 g/mol. The zero-order chi connectivity index (χ0) is 31.6. The highest BCUT2D eigenvalue weighted by Gasteiger charge is 2.86. The minimum atomic E-state index is -1.30. The van der Waals surface area contributed by atoms with E-state index >= 15 is 0 Å². The molecule has 3 heterocycles. The van der Waals surface area contributed by atoms with Gasteiger partial charge in [-0.15, -0.1) is 0 Å². The third-order valence-corrected chi connectivity index (χ3v) is 15.2. The largest absolute Gasteiger partial charge is 0.388 e. The lowest BCUT2D eigenvalue weighted by molar-refractivity contribution is -0.300. The molecule has 3 saturated heterocycles. The lowest BCUT2D eigenvalue weighted by atomic mass is 9.44. The molecule has 0 amide bonds. The van der Waals surface area contributed by atoms with Crippen molar-refractivity contribution in [3.8, 4) is 0 Å². The van der Waals surface area contributed by atoms with E-state index in [4.69, 9.17) is 18.9 Å². The fraction of sp³-hybridized carbons (Fsp3) is 0.943. The first kappa shape index (κ1) is 30.7. The minimum Gasteiger partial charge on any atom is -0.388 e. The Kier molecular flexibility index (Phi) is 6.20. The molecule has 4 saturated carbocycles. The van der Waals surface area contributed by atoms with E-state index in [1.54, 1.807) is 13.8 Å². The fourth-order valence-corrected chi connectivity index (χ4v) is 13.1. The lowest BCUT2D eigenvalue weighted by Gasteiger charge is -2.60. The number of aliphatic hydroxyl groups is 5. The summed E-state index contributed by atoms with van der Waals surface area (Å²) in [6.07, 6.45) is 2.81. The summed E-state index contributed by atoms with van der Waals surface area (Å²) >= 11 is 0. The van der Waals surface area contributed by atoms with Gasteiger partial charge in [-0.1, -0.05) is 46.3 Å². The third kappa shape index (κ3) is 3.33. The second-order valence-corrected chi connectivity index (χ2v) is 17.8. The van der Waals surface area contributed by atoms with Crippen LogP contribution in [-0.2, 0) is 18.9 Å². The van der Waals surface area contributed by atoms with Crippen LogP contribution in [0.15, 0.2) is 11.6 Å². The van der Waals surface area contributed by atoms with Gasteiger partial charge in [0.2, 0.25) is 0 Å². The van der Waals surface area contributed by atoms with Crippen LogP contribution in [0.1, 0.15) is 93.4 Å². The Morgan fingerprint density at radius 3 is 2.41 bits per heavy atom. The molecular weight excluding hydrogens is 564 g/mol. The molecule has 3 aliphatic heterocycles. The summed E-state index contributed by atoms with van der Waals surface area (Å²) in [5.41, 5.74) is -0.456. The molecular formula is C35H54O9. The zero-order valence-corrected chi connectivity index (χ0v) is 27.5. The molecule has 3 spiro atoms. The number of ether oxygens (including phenoxy) is 4. The van der Waals surface area contributed by atoms with E-state index in [1.807, 2.05) is 0 Å². The quantitative estimate of drug-likeness (QED) is 0.302. The summed E-state index contributed by atoms with van der Waals surface area (Å²) in [7, 11) is 0. The van der Waals surface area contributed by atoms with Gasteiger partial charge in [-0.2, -0.15) is 0 Å². The number of hydrogen-bond donors (Lipinski definition) is 5. The van der Waals surface area contributed by atoms with Crippen molar-refractivity contribution < 1.29 is 44.5 Å². The average Bonchev–Trinajstić information content (AvgIpc) is 3.45. The highest BCUT2D eigenvalue weighted by molar-refractivity contribution is 5.48. The molecule has 7 fully saturated rings. The smallest absolute Gasteiger partial charge is 0.199 e. The van der Waals surface area contributed by atoms with Gasteiger partial charge in [-0.05, 0) is 92.3 Å². The normalized spacial score (nSPS) is 60.4. The maximum atomic E-state index is 12.6. The molecule has 2 bridgehead atoms. The lowest BCUT2D eigenvalue weighted by Crippen LogP contribution is -2.58. The number of rotatable bonds is 3. The van der Waals surface area contributed by atoms with E-state index < -0.39 is 53.6 Å². The van der Waals surface area contributed by atoms with Gasteiger partial charge in [0.25, 0.3) is 0 Å². The first-order chi connectivity index (χ1) is 20.4. The second-order valence-electron chi connectivity index (χ2n) is 17.8. The number of allylic oxidation sites excluding steroid dienone is 1. The Balaban J connectivity index is 1.13. The van der Waals surface area contributed by atoms with E-state index in [2.05, 4.69) is 40.7 Å². The van der Waals surface area contributed by atoms with Gasteiger partial charge < -0.3 is 44.5 Å². The van der Waals surface area contributed by atoms with Crippen molar-refractivity contribution in [3.05, 3.63) is 11.6 Å². The Hall–Kier alpha value is -0.620. The summed E-state index contributed by atoms with van der Waals surface area (Å²) in [4.78, 5) is 0. The van der Waals surface area contributed by atoms with Gasteiger partial charge in [-0.25, -0.2) is 0 Å². The molecule has 5 aliphatic carbocycles. The Bertz CT molecular complexity index is 1260. The SMILES string of the molecule is C[C@@H]1C[C@H]2O[C@]3(O[C@H]2C(C)(C)O)[C@H]1[C@@]1(C)CC[C@@]24C[C@@]25CC[C@H](O[C@@H]2OC[C@@H](O)[C@H](O)[C@H]2O)C(C)(C)C5CC=C4[C@]1(C)[C@H]3O. The van der Waals surface area contributed by atoms with Crippen molar-refractivity contribution in [1.29, 1.82) is 0 Å². The molecule has 5 N–H and O–H groups in total. The van der Waals surface area contributed by atoms with Crippen molar-refractivity contribution in [3.63, 3.8) is 0 Å². The van der Waals surface area contributed by atoms with Crippen LogP contribution >= 0.6 is 0 Å². The number of hydrogen-bond acceptors (Lipinski definition) is 9. The molecule has 248 valence electrons. The van der Waals surface area contributed by atoms with Gasteiger partial charge in [0.1, 0.15) is 30.5 Å². The molecule has 8 aliphatic rings. The van der Waals surface area contributed by atoms with Crippen molar-refractivity contribution in [2.75, 3.05) is 6.61 Å². The summed E-state index contributed by atoms with van der Waals surface area (Å²) in [6, 6.07) is 0. The fourth-order valence-electron chi connectivity index (χ4n) is 13.1. The molecule has 0 radical (unpaired) electrons. The number of fused-ring (bicyclic) bond motifs is 4. The first-order valence-electron chi connectivity index (χ1n) is 17.2. The highest BCUT2D eigenvalue weighted by atomic mass is 16.8. The summed E-state index contributed by atoms with van der Waals surface area (Å²) in [5.74, 6) is -0.431. The standard InChI is InChI=1S/C35H54O9/c1-17-14-19-26(30(4,5)40)44-35(43-19)25(17)31(6)12-13-34-16-33(34)11-10-22(42-27-24(38)23(37)18(36)15-41-27)29(2,3)20(33)8-9-21(34)32(31,7)28(35)39/h9,17-20,22-28,36-40H,8,10-16H2,1-7H3/t17-,18-,19-,20?,22+,23+,24-,25-,26-,27+,28-,31-,32-,33-,34+,35+/m1/s1. The van der Waals surface area contributed by atoms with E-state index in [-0.39, 0.29) is 46.4 Å². The molecule has 8 rings (SSSR count). The van der Waals surface area contributed by atoms with Crippen molar-refractivity contribution in [2.24, 2.45) is 44.8 Å². The van der Waals surface area contributed by atoms with Crippen LogP contribution in [0.2, 0.25) is 0 Å². The Morgan fingerprint density at radius 2 is 1.70 bits per heavy atom. The van der Waals surface area contributed by atoms with E-state index in [0.717, 1.165) is 44.9 Å². The highest BCUT2D eigenvalue weighted by Crippen LogP contribution is 2.89. The molecule has 1 unspecified atom stereocenters. The maximum Gasteiger partial charge on any atom is 0.199 e. The second kappa shape index (κ2) is 8.88. The predicted molar refractivity (Wildman–Crippen MR) is 159 cm³/mol. The van der Waals surface area contributed by atoms with Gasteiger partial charge in [0.15, 0.2) is 12.1 Å². The molecule has 16 atom stereocenters. The van der Waals surface area contributed by atoms with Gasteiger partial charge >= 0.3 is 0 Å². The van der Waals surface area contributed by atoms with Gasteiger partial charge in [0, 0.05) is 11.3 Å². The maximum absolute atomic E-state index is 12.6. The minimum absolute atomic E-state index is 0.0234. The first-order valence-corrected chi connectivity index (χ1v) is 17.2. The molecule has 9 heteroatoms. The summed E-state index contributed by atoms with van der Waals surface area (Å²) < 4.78 is 25.7. The predicted octanol–water partition coefficient (Wildman–Crippen LogP) is 3.04. The Labute approximate surface area is 261 Å². The van der Waals surface area contributed by atoms with E-state index in [0.29, 0.717) is 11.8 Å². The van der Waals surface area contributed by atoms with Crippen molar-refractivity contribution in [2.45, 2.75) is 154 Å². The monoisotopic (exact) mass is 618 g/mol. The summed E-state index contributed by atoms with van der Waals surface area (Å²) in [5, 5.41) is 54.4.